The van der Waals surface area contributed by atoms with Crippen LogP contribution in [0.25, 0.3) is 32.6 Å². The van der Waals surface area contributed by atoms with Gasteiger partial charge in [-0.05, 0) is 41.8 Å². The molecule has 6 heteroatoms. The second-order valence-electron chi connectivity index (χ2n) is 8.95. The van der Waals surface area contributed by atoms with Gasteiger partial charge in [-0.1, -0.05) is 42.5 Å². The smallest absolute Gasteiger partial charge is 0.258 e. The van der Waals surface area contributed by atoms with Crippen molar-refractivity contribution in [3.8, 4) is 5.75 Å². The van der Waals surface area contributed by atoms with Gasteiger partial charge >= 0.3 is 0 Å². The summed E-state index contributed by atoms with van der Waals surface area (Å²) in [5.41, 5.74) is 1.31. The van der Waals surface area contributed by atoms with E-state index in [0.717, 1.165) is 36.7 Å². The maximum atomic E-state index is 14.0. The molecular formula is C28H24N2O4. The predicted octanol–water partition coefficient (Wildman–Crippen LogP) is 4.69. The van der Waals surface area contributed by atoms with Gasteiger partial charge in [0.2, 0.25) is 5.88 Å². The van der Waals surface area contributed by atoms with Gasteiger partial charge in [0, 0.05) is 31.9 Å². The van der Waals surface area contributed by atoms with Crippen LogP contribution in [0.5, 0.6) is 5.75 Å². The first-order valence-electron chi connectivity index (χ1n) is 11.6. The van der Waals surface area contributed by atoms with Crippen molar-refractivity contribution >= 4 is 38.5 Å². The van der Waals surface area contributed by atoms with Crippen molar-refractivity contribution in [2.45, 2.75) is 19.3 Å². The minimum Gasteiger partial charge on any atom is -0.507 e. The molecule has 3 aromatic carbocycles. The van der Waals surface area contributed by atoms with Crippen LogP contribution in [0, 0.1) is 0 Å². The van der Waals surface area contributed by atoms with Crippen molar-refractivity contribution in [3.05, 3.63) is 92.4 Å². The Kier molecular flexibility index (Phi) is 4.69. The number of hydrogen-bond donors (Lipinski definition) is 1. The molecule has 1 fully saturated rings. The fourth-order valence-electron chi connectivity index (χ4n) is 5.19. The minimum absolute atomic E-state index is 0.00330. The number of pyridine rings is 1. The molecule has 34 heavy (non-hydrogen) atoms. The van der Waals surface area contributed by atoms with Gasteiger partial charge in [0.1, 0.15) is 11.3 Å². The molecule has 1 N–H and O–H groups in total. The van der Waals surface area contributed by atoms with Crippen LogP contribution in [0.15, 0.2) is 74.7 Å². The number of para-hydroxylation sites is 1. The van der Waals surface area contributed by atoms with Crippen LogP contribution in [-0.4, -0.2) is 22.8 Å². The Morgan fingerprint density at radius 2 is 1.59 bits per heavy atom. The van der Waals surface area contributed by atoms with Crippen molar-refractivity contribution in [1.82, 2.24) is 4.57 Å². The second-order valence-corrected chi connectivity index (χ2v) is 8.95. The zero-order valence-corrected chi connectivity index (χ0v) is 18.9. The predicted molar refractivity (Wildman–Crippen MR) is 135 cm³/mol. The summed E-state index contributed by atoms with van der Waals surface area (Å²) < 4.78 is 7.90. The standard InChI is InChI=1S/C28H24N2O4/c1-29-22-11-5-4-10-19(22)25(31)20(27(29)33)16-21-26(32)24-18-9-3-2-8-17(18)12-13-23(24)34-28(21)30-14-6-7-15-30/h2-5,8-13,31H,6-7,14-16H2,1H3. The highest BCUT2D eigenvalue weighted by atomic mass is 16.4. The van der Waals surface area contributed by atoms with Crippen LogP contribution in [-0.2, 0) is 13.5 Å². The highest BCUT2D eigenvalue weighted by Crippen LogP contribution is 2.33. The molecule has 1 saturated heterocycles. The summed E-state index contributed by atoms with van der Waals surface area (Å²) in [6.07, 6.45) is 2.03. The van der Waals surface area contributed by atoms with E-state index in [1.54, 1.807) is 19.2 Å². The molecule has 2 aromatic heterocycles. The molecule has 0 aliphatic carbocycles. The first-order chi connectivity index (χ1) is 16.5. The molecule has 0 atom stereocenters. The number of benzene rings is 3. The molecule has 6 rings (SSSR count). The van der Waals surface area contributed by atoms with E-state index in [1.807, 2.05) is 48.5 Å². The average molecular weight is 453 g/mol. The second kappa shape index (κ2) is 7.76. The lowest BCUT2D eigenvalue weighted by Gasteiger charge is -2.21. The Morgan fingerprint density at radius 3 is 2.38 bits per heavy atom. The van der Waals surface area contributed by atoms with Crippen LogP contribution in [0.3, 0.4) is 0 Å². The fourth-order valence-corrected chi connectivity index (χ4v) is 5.19. The Bertz CT molecular complexity index is 1710. The average Bonchev–Trinajstić information content (AvgIpc) is 3.41. The van der Waals surface area contributed by atoms with E-state index in [9.17, 15) is 14.7 Å². The van der Waals surface area contributed by atoms with Gasteiger partial charge in [0.25, 0.3) is 5.56 Å². The summed E-state index contributed by atoms with van der Waals surface area (Å²) in [5, 5.41) is 13.9. The van der Waals surface area contributed by atoms with Gasteiger partial charge in [-0.25, -0.2) is 0 Å². The first-order valence-corrected chi connectivity index (χ1v) is 11.6. The van der Waals surface area contributed by atoms with E-state index >= 15 is 0 Å². The number of aromatic hydroxyl groups is 1. The van der Waals surface area contributed by atoms with Crippen molar-refractivity contribution in [1.29, 1.82) is 0 Å². The normalized spacial score (nSPS) is 14.0. The SMILES string of the molecule is Cn1c(=O)c(Cc2c(N3CCCC3)oc3ccc4ccccc4c3c2=O)c(O)c2ccccc21. The highest BCUT2D eigenvalue weighted by Gasteiger charge is 2.26. The van der Waals surface area contributed by atoms with Gasteiger partial charge < -0.3 is 19.0 Å². The Balaban J connectivity index is 1.66. The third kappa shape index (κ3) is 3.02. The molecule has 0 spiro atoms. The number of hydrogen-bond acceptors (Lipinski definition) is 5. The van der Waals surface area contributed by atoms with E-state index in [4.69, 9.17) is 4.42 Å². The van der Waals surface area contributed by atoms with Crippen LogP contribution in [0.1, 0.15) is 24.0 Å². The highest BCUT2D eigenvalue weighted by molar-refractivity contribution is 6.05. The van der Waals surface area contributed by atoms with Crippen molar-refractivity contribution in [3.63, 3.8) is 0 Å². The fraction of sp³-hybridized carbons (Fsp3) is 0.214. The lowest BCUT2D eigenvalue weighted by atomic mass is 9.99. The number of fused-ring (bicyclic) bond motifs is 4. The third-order valence-electron chi connectivity index (χ3n) is 6.97. The van der Waals surface area contributed by atoms with Crippen molar-refractivity contribution < 1.29 is 9.52 Å². The van der Waals surface area contributed by atoms with Gasteiger partial charge in [-0.3, -0.25) is 9.59 Å². The van der Waals surface area contributed by atoms with E-state index in [0.29, 0.717) is 33.3 Å². The molecule has 5 aromatic rings. The third-order valence-corrected chi connectivity index (χ3v) is 6.97. The van der Waals surface area contributed by atoms with E-state index < -0.39 is 0 Å². The minimum atomic E-state index is -0.319. The quantitative estimate of drug-likeness (QED) is 0.402. The zero-order valence-electron chi connectivity index (χ0n) is 18.9. The monoisotopic (exact) mass is 452 g/mol. The van der Waals surface area contributed by atoms with Gasteiger partial charge in [-0.2, -0.15) is 0 Å². The molecule has 1 aliphatic rings. The molecule has 0 saturated carbocycles. The van der Waals surface area contributed by atoms with Crippen molar-refractivity contribution in [2.75, 3.05) is 18.0 Å². The number of nitrogens with zero attached hydrogens (tertiary/aromatic N) is 2. The number of aryl methyl sites for hydroxylation is 1. The summed E-state index contributed by atoms with van der Waals surface area (Å²) in [7, 11) is 1.69. The lowest BCUT2D eigenvalue weighted by Crippen LogP contribution is -2.27. The maximum Gasteiger partial charge on any atom is 0.258 e. The molecule has 3 heterocycles. The summed E-state index contributed by atoms with van der Waals surface area (Å²) in [6.45, 7) is 1.58. The van der Waals surface area contributed by atoms with Crippen LogP contribution >= 0.6 is 0 Å². The number of aromatic nitrogens is 1. The van der Waals surface area contributed by atoms with Crippen LogP contribution in [0.4, 0.5) is 5.88 Å². The van der Waals surface area contributed by atoms with Gasteiger partial charge in [0.05, 0.1) is 22.0 Å². The molecule has 1 aliphatic heterocycles. The molecule has 0 radical (unpaired) electrons. The molecule has 170 valence electrons. The summed E-state index contributed by atoms with van der Waals surface area (Å²) in [6, 6.07) is 18.8. The zero-order chi connectivity index (χ0) is 23.4. The number of anilines is 1. The molecule has 0 amide bonds. The molecule has 6 nitrogen and oxygen atoms in total. The summed E-state index contributed by atoms with van der Waals surface area (Å²) >= 11 is 0. The number of rotatable bonds is 3. The molecular weight excluding hydrogens is 428 g/mol. The molecule has 0 unspecified atom stereocenters. The van der Waals surface area contributed by atoms with Crippen LogP contribution in [0.2, 0.25) is 0 Å². The maximum absolute atomic E-state index is 14.0. The lowest BCUT2D eigenvalue weighted by molar-refractivity contribution is 0.472. The van der Waals surface area contributed by atoms with Crippen LogP contribution < -0.4 is 15.9 Å². The van der Waals surface area contributed by atoms with Gasteiger partial charge in [-0.15, -0.1) is 0 Å². The van der Waals surface area contributed by atoms with E-state index in [2.05, 4.69) is 4.90 Å². The first kappa shape index (κ1) is 20.5. The Hall–Kier alpha value is -4.06. The molecule has 0 bridgehead atoms. The van der Waals surface area contributed by atoms with Gasteiger partial charge in [0.15, 0.2) is 5.43 Å². The van der Waals surface area contributed by atoms with E-state index in [-0.39, 0.29) is 28.7 Å². The Morgan fingerprint density at radius 1 is 0.882 bits per heavy atom. The topological polar surface area (TPSA) is 75.7 Å². The van der Waals surface area contributed by atoms with Crippen molar-refractivity contribution in [2.24, 2.45) is 7.05 Å². The summed E-state index contributed by atoms with van der Waals surface area (Å²) in [5.74, 6) is 0.420. The van der Waals surface area contributed by atoms with E-state index in [1.165, 1.54) is 4.57 Å². The Labute approximate surface area is 195 Å². The summed E-state index contributed by atoms with van der Waals surface area (Å²) in [4.78, 5) is 29.4. The largest absolute Gasteiger partial charge is 0.507 e.